The van der Waals surface area contributed by atoms with Crippen LogP contribution in [-0.2, 0) is 4.74 Å². The molecule has 1 aromatic heterocycles. The number of nitrogens with one attached hydrogen (secondary N) is 1. The minimum absolute atomic E-state index is 0.264. The van der Waals surface area contributed by atoms with Gasteiger partial charge in [-0.05, 0) is 43.5 Å². The van der Waals surface area contributed by atoms with Crippen molar-refractivity contribution in [2.75, 3.05) is 17.7 Å². The summed E-state index contributed by atoms with van der Waals surface area (Å²) >= 11 is 3.00. The molecule has 1 unspecified atom stereocenters. The van der Waals surface area contributed by atoms with Crippen LogP contribution in [0.2, 0.25) is 0 Å². The summed E-state index contributed by atoms with van der Waals surface area (Å²) in [5, 5.41) is 11.7. The SMILES string of the molecule is FC(F)(F)Oc1ccc(Nc2nnc(SCC3CCCCO3)s2)cc1. The predicted octanol–water partition coefficient (Wildman–Crippen LogP) is 4.84. The van der Waals surface area contributed by atoms with Crippen LogP contribution in [0.4, 0.5) is 24.0 Å². The van der Waals surface area contributed by atoms with E-state index in [-0.39, 0.29) is 11.9 Å². The van der Waals surface area contributed by atoms with E-state index in [1.165, 1.54) is 42.0 Å². The molecule has 0 spiro atoms. The Morgan fingerprint density at radius 3 is 2.72 bits per heavy atom. The highest BCUT2D eigenvalue weighted by Crippen LogP contribution is 2.30. The summed E-state index contributed by atoms with van der Waals surface area (Å²) < 4.78 is 46.7. The second-order valence-electron chi connectivity index (χ2n) is 5.37. The molecule has 10 heteroatoms. The third-order valence-corrected chi connectivity index (χ3v) is 5.52. The Balaban J connectivity index is 1.50. The zero-order valence-corrected chi connectivity index (χ0v) is 14.7. The molecule has 2 aromatic rings. The number of alkyl halides is 3. The normalized spacial score (nSPS) is 18.1. The summed E-state index contributed by atoms with van der Waals surface area (Å²) in [5.74, 6) is 0.581. The van der Waals surface area contributed by atoms with Crippen LogP contribution >= 0.6 is 23.1 Å². The smallest absolute Gasteiger partial charge is 0.406 e. The summed E-state index contributed by atoms with van der Waals surface area (Å²) in [7, 11) is 0. The topological polar surface area (TPSA) is 56.3 Å². The van der Waals surface area contributed by atoms with Gasteiger partial charge < -0.3 is 14.8 Å². The molecule has 5 nitrogen and oxygen atoms in total. The molecule has 1 N–H and O–H groups in total. The lowest BCUT2D eigenvalue weighted by Gasteiger charge is -2.21. The van der Waals surface area contributed by atoms with Crippen molar-refractivity contribution in [3.8, 4) is 5.75 Å². The van der Waals surface area contributed by atoms with Gasteiger partial charge in [0.15, 0.2) is 4.34 Å². The standard InChI is InChI=1S/C15H16F3N3O2S2/c16-15(17,18)23-11-6-4-10(5-7-11)19-13-20-21-14(25-13)24-9-12-3-1-2-8-22-12/h4-7,12H,1-3,8-9H2,(H,19,20). The fourth-order valence-corrected chi connectivity index (χ4v) is 4.15. The van der Waals surface area contributed by atoms with E-state index in [1.54, 1.807) is 11.8 Å². The number of benzene rings is 1. The van der Waals surface area contributed by atoms with Gasteiger partial charge in [0, 0.05) is 18.0 Å². The Morgan fingerprint density at radius 1 is 1.24 bits per heavy atom. The first-order chi connectivity index (χ1) is 12.0. The van der Waals surface area contributed by atoms with E-state index < -0.39 is 6.36 Å². The van der Waals surface area contributed by atoms with Crippen LogP contribution in [0.3, 0.4) is 0 Å². The van der Waals surface area contributed by atoms with Crippen LogP contribution in [-0.4, -0.2) is 35.0 Å². The number of halogens is 3. The Bertz CT molecular complexity index is 673. The average molecular weight is 391 g/mol. The molecule has 25 heavy (non-hydrogen) atoms. The van der Waals surface area contributed by atoms with Crippen molar-refractivity contribution in [3.05, 3.63) is 24.3 Å². The molecule has 1 aromatic carbocycles. The minimum Gasteiger partial charge on any atom is -0.406 e. The Labute approximate surface area is 150 Å². The van der Waals surface area contributed by atoms with Gasteiger partial charge in [-0.3, -0.25) is 0 Å². The van der Waals surface area contributed by atoms with Gasteiger partial charge in [-0.1, -0.05) is 23.1 Å². The van der Waals surface area contributed by atoms with Gasteiger partial charge in [-0.15, -0.1) is 23.4 Å². The number of ether oxygens (including phenoxy) is 2. The summed E-state index contributed by atoms with van der Waals surface area (Å²) in [6, 6.07) is 5.47. The second-order valence-corrected chi connectivity index (χ2v) is 7.61. The van der Waals surface area contributed by atoms with Crippen molar-refractivity contribution in [1.29, 1.82) is 0 Å². The number of rotatable bonds is 6. The van der Waals surface area contributed by atoms with Crippen LogP contribution in [0, 0.1) is 0 Å². The Kier molecular flexibility index (Phi) is 6.02. The summed E-state index contributed by atoms with van der Waals surface area (Å²) in [6.07, 6.45) is -1.03. The second kappa shape index (κ2) is 8.24. The first-order valence-corrected chi connectivity index (χ1v) is 9.49. The first-order valence-electron chi connectivity index (χ1n) is 7.69. The van der Waals surface area contributed by atoms with E-state index in [0.717, 1.165) is 29.5 Å². The maximum Gasteiger partial charge on any atom is 0.573 e. The highest BCUT2D eigenvalue weighted by atomic mass is 32.2. The van der Waals surface area contributed by atoms with Crippen LogP contribution in [0.5, 0.6) is 5.75 Å². The van der Waals surface area contributed by atoms with Crippen molar-refractivity contribution >= 4 is 33.9 Å². The molecule has 1 aliphatic heterocycles. The lowest BCUT2D eigenvalue weighted by molar-refractivity contribution is -0.274. The Morgan fingerprint density at radius 2 is 2.04 bits per heavy atom. The molecule has 1 fully saturated rings. The van der Waals surface area contributed by atoms with Crippen molar-refractivity contribution in [2.24, 2.45) is 0 Å². The van der Waals surface area contributed by atoms with Gasteiger partial charge in [0.2, 0.25) is 5.13 Å². The van der Waals surface area contributed by atoms with E-state index in [1.807, 2.05) is 0 Å². The fraction of sp³-hybridized carbons (Fsp3) is 0.467. The molecule has 1 aliphatic rings. The van der Waals surface area contributed by atoms with Gasteiger partial charge >= 0.3 is 6.36 Å². The molecule has 0 aliphatic carbocycles. The molecule has 136 valence electrons. The third kappa shape index (κ3) is 6.05. The van der Waals surface area contributed by atoms with Gasteiger partial charge in [0.05, 0.1) is 6.10 Å². The highest BCUT2D eigenvalue weighted by molar-refractivity contribution is 8.01. The molecular weight excluding hydrogens is 375 g/mol. The van der Waals surface area contributed by atoms with Gasteiger partial charge in [-0.2, -0.15) is 0 Å². The molecule has 1 saturated heterocycles. The molecule has 0 bridgehead atoms. The van der Waals surface area contributed by atoms with Gasteiger partial charge in [0.1, 0.15) is 5.75 Å². The fourth-order valence-electron chi connectivity index (χ4n) is 2.29. The minimum atomic E-state index is -4.69. The van der Waals surface area contributed by atoms with Crippen molar-refractivity contribution in [3.63, 3.8) is 0 Å². The van der Waals surface area contributed by atoms with Crippen molar-refractivity contribution < 1.29 is 22.6 Å². The number of hydrogen-bond acceptors (Lipinski definition) is 7. The first kappa shape index (κ1) is 18.3. The zero-order chi connectivity index (χ0) is 17.7. The molecule has 3 rings (SSSR count). The van der Waals surface area contributed by atoms with Crippen LogP contribution in [0.25, 0.3) is 0 Å². The number of thioether (sulfide) groups is 1. The highest BCUT2D eigenvalue weighted by Gasteiger charge is 2.30. The maximum absolute atomic E-state index is 12.1. The third-order valence-electron chi connectivity index (χ3n) is 3.41. The monoisotopic (exact) mass is 391 g/mol. The zero-order valence-electron chi connectivity index (χ0n) is 13.1. The number of hydrogen-bond donors (Lipinski definition) is 1. The van der Waals surface area contributed by atoms with E-state index >= 15 is 0 Å². The van der Waals surface area contributed by atoms with Crippen molar-refractivity contribution in [2.45, 2.75) is 36.1 Å². The molecule has 1 atom stereocenters. The quantitative estimate of drug-likeness (QED) is 0.711. The molecule has 0 radical (unpaired) electrons. The largest absolute Gasteiger partial charge is 0.573 e. The van der Waals surface area contributed by atoms with Crippen LogP contribution in [0.1, 0.15) is 19.3 Å². The lowest BCUT2D eigenvalue weighted by Crippen LogP contribution is -2.21. The summed E-state index contributed by atoms with van der Waals surface area (Å²) in [4.78, 5) is 0. The summed E-state index contributed by atoms with van der Waals surface area (Å²) in [5.41, 5.74) is 0.609. The van der Waals surface area contributed by atoms with Crippen LogP contribution < -0.4 is 10.1 Å². The van der Waals surface area contributed by atoms with Gasteiger partial charge in [0.25, 0.3) is 0 Å². The van der Waals surface area contributed by atoms with E-state index in [4.69, 9.17) is 4.74 Å². The lowest BCUT2D eigenvalue weighted by atomic mass is 10.1. The molecule has 0 amide bonds. The van der Waals surface area contributed by atoms with Gasteiger partial charge in [-0.25, -0.2) is 0 Å². The van der Waals surface area contributed by atoms with E-state index in [2.05, 4.69) is 20.3 Å². The average Bonchev–Trinajstić information content (AvgIpc) is 3.02. The van der Waals surface area contributed by atoms with Crippen LogP contribution in [0.15, 0.2) is 28.6 Å². The molecule has 2 heterocycles. The summed E-state index contributed by atoms with van der Waals surface area (Å²) in [6.45, 7) is 0.822. The number of anilines is 2. The number of nitrogens with zero attached hydrogens (tertiary/aromatic N) is 2. The molecular formula is C15H16F3N3O2S2. The number of aromatic nitrogens is 2. The predicted molar refractivity (Wildman–Crippen MR) is 90.6 cm³/mol. The Hall–Kier alpha value is -1.52. The van der Waals surface area contributed by atoms with E-state index in [0.29, 0.717) is 10.8 Å². The molecule has 0 saturated carbocycles. The van der Waals surface area contributed by atoms with E-state index in [9.17, 15) is 13.2 Å². The maximum atomic E-state index is 12.1. The van der Waals surface area contributed by atoms with Crippen molar-refractivity contribution in [1.82, 2.24) is 10.2 Å².